The fourth-order valence-corrected chi connectivity index (χ4v) is 2.18. The Morgan fingerprint density at radius 2 is 1.83 bits per heavy atom. The number of ether oxygens (including phenoxy) is 1. The lowest BCUT2D eigenvalue weighted by atomic mass is 9.80. The first-order valence-electron chi connectivity index (χ1n) is 5.68. The highest BCUT2D eigenvalue weighted by molar-refractivity contribution is 6.03. The van der Waals surface area contributed by atoms with Crippen LogP contribution in [-0.2, 0) is 19.1 Å². The number of imide groups is 1. The maximum Gasteiger partial charge on any atom is 0.246 e. The summed E-state index contributed by atoms with van der Waals surface area (Å²) in [5.74, 6) is -1.48. The van der Waals surface area contributed by atoms with Crippen LogP contribution in [0.1, 0.15) is 12.8 Å². The summed E-state index contributed by atoms with van der Waals surface area (Å²) in [5.41, 5.74) is -1.16. The maximum atomic E-state index is 12.3. The Bertz CT molecular complexity index is 418. The fraction of sp³-hybridized carbons (Fsp3) is 0.636. The second-order valence-electron chi connectivity index (χ2n) is 4.44. The largest absolute Gasteiger partial charge is 0.381 e. The third-order valence-electron chi connectivity index (χ3n) is 3.20. The molecule has 0 spiro atoms. The number of nitriles is 1. The first kappa shape index (κ1) is 12.5. The van der Waals surface area contributed by atoms with Crippen molar-refractivity contribution in [3.05, 3.63) is 0 Å². The Kier molecular flexibility index (Phi) is 3.30. The van der Waals surface area contributed by atoms with Crippen molar-refractivity contribution in [2.75, 3.05) is 26.3 Å². The molecule has 0 aromatic carbocycles. The summed E-state index contributed by atoms with van der Waals surface area (Å²) in [6.45, 7) is 0.338. The second kappa shape index (κ2) is 4.74. The van der Waals surface area contributed by atoms with Gasteiger partial charge in [0.25, 0.3) is 0 Å². The molecule has 0 unspecified atom stereocenters. The molecule has 2 heterocycles. The predicted octanol–water partition coefficient (Wildman–Crippen LogP) is -1.21. The van der Waals surface area contributed by atoms with Crippen LogP contribution in [0.25, 0.3) is 0 Å². The van der Waals surface area contributed by atoms with Gasteiger partial charge in [-0.2, -0.15) is 5.26 Å². The average molecular weight is 251 g/mol. The van der Waals surface area contributed by atoms with E-state index in [1.807, 2.05) is 6.07 Å². The summed E-state index contributed by atoms with van der Waals surface area (Å²) in [6, 6.07) is 2.03. The van der Waals surface area contributed by atoms with Crippen LogP contribution in [0.3, 0.4) is 0 Å². The maximum absolute atomic E-state index is 12.3. The zero-order chi connectivity index (χ0) is 13.2. The smallest absolute Gasteiger partial charge is 0.246 e. The Morgan fingerprint density at radius 3 is 2.33 bits per heavy atom. The first-order valence-corrected chi connectivity index (χ1v) is 5.68. The summed E-state index contributed by atoms with van der Waals surface area (Å²) in [5, 5.41) is 11.4. The normalized spacial score (nSPS) is 23.2. The van der Waals surface area contributed by atoms with Gasteiger partial charge < -0.3 is 9.64 Å². The van der Waals surface area contributed by atoms with E-state index in [9.17, 15) is 19.6 Å². The van der Waals surface area contributed by atoms with Gasteiger partial charge >= 0.3 is 0 Å². The van der Waals surface area contributed by atoms with E-state index >= 15 is 0 Å². The van der Waals surface area contributed by atoms with Crippen molar-refractivity contribution in [1.82, 2.24) is 10.2 Å². The number of amides is 3. The molecule has 0 aromatic heterocycles. The molecule has 0 aliphatic carbocycles. The summed E-state index contributed by atoms with van der Waals surface area (Å²) >= 11 is 0. The first-order chi connectivity index (χ1) is 8.57. The molecule has 0 radical (unpaired) electrons. The number of nitrogens with one attached hydrogen (secondary N) is 1. The molecule has 2 saturated heterocycles. The van der Waals surface area contributed by atoms with Gasteiger partial charge in [0, 0.05) is 13.2 Å². The highest BCUT2D eigenvalue weighted by atomic mass is 16.5. The van der Waals surface area contributed by atoms with E-state index in [1.54, 1.807) is 0 Å². The van der Waals surface area contributed by atoms with Crippen molar-refractivity contribution < 1.29 is 19.1 Å². The van der Waals surface area contributed by atoms with Crippen molar-refractivity contribution in [2.24, 2.45) is 5.41 Å². The van der Waals surface area contributed by atoms with Crippen LogP contribution in [0, 0.1) is 16.7 Å². The fourth-order valence-electron chi connectivity index (χ4n) is 2.18. The molecular weight excluding hydrogens is 238 g/mol. The van der Waals surface area contributed by atoms with Gasteiger partial charge in [0.2, 0.25) is 17.7 Å². The summed E-state index contributed by atoms with van der Waals surface area (Å²) in [6.07, 6.45) is 0.600. The lowest BCUT2D eigenvalue weighted by Gasteiger charge is -2.35. The standard InChI is InChI=1S/C11H13N3O4/c12-7-11(1-3-18-4-2-11)10(17)14-5-8(15)13-9(16)6-14/h1-6H2,(H,13,15,16). The molecule has 0 saturated carbocycles. The van der Waals surface area contributed by atoms with Gasteiger partial charge in [-0.25, -0.2) is 0 Å². The molecule has 2 rings (SSSR count). The Balaban J connectivity index is 2.16. The van der Waals surface area contributed by atoms with Crippen molar-refractivity contribution >= 4 is 17.7 Å². The molecule has 0 aromatic rings. The van der Waals surface area contributed by atoms with E-state index in [4.69, 9.17) is 4.74 Å². The van der Waals surface area contributed by atoms with Crippen LogP contribution in [0.4, 0.5) is 0 Å². The van der Waals surface area contributed by atoms with Gasteiger partial charge in [0.1, 0.15) is 18.5 Å². The molecule has 0 atom stereocenters. The Hall–Kier alpha value is -1.94. The monoisotopic (exact) mass is 251 g/mol. The van der Waals surface area contributed by atoms with Gasteiger partial charge in [-0.3, -0.25) is 19.7 Å². The van der Waals surface area contributed by atoms with Crippen LogP contribution in [0.5, 0.6) is 0 Å². The quantitative estimate of drug-likeness (QED) is 0.589. The number of carbonyl (C=O) groups excluding carboxylic acids is 3. The van der Waals surface area contributed by atoms with Crippen molar-refractivity contribution in [3.8, 4) is 6.07 Å². The summed E-state index contributed by atoms with van der Waals surface area (Å²) in [7, 11) is 0. The minimum absolute atomic E-state index is 0.172. The van der Waals surface area contributed by atoms with Crippen LogP contribution < -0.4 is 5.32 Å². The average Bonchev–Trinajstić information content (AvgIpc) is 2.37. The molecule has 2 fully saturated rings. The zero-order valence-corrected chi connectivity index (χ0v) is 9.77. The molecule has 0 bridgehead atoms. The number of rotatable bonds is 1. The number of piperazine rings is 1. The van der Waals surface area contributed by atoms with Crippen molar-refractivity contribution in [1.29, 1.82) is 5.26 Å². The van der Waals surface area contributed by atoms with Gasteiger partial charge in [0.05, 0.1) is 6.07 Å². The van der Waals surface area contributed by atoms with E-state index < -0.39 is 23.1 Å². The van der Waals surface area contributed by atoms with Gasteiger partial charge in [-0.15, -0.1) is 0 Å². The van der Waals surface area contributed by atoms with Crippen LogP contribution in [0.15, 0.2) is 0 Å². The lowest BCUT2D eigenvalue weighted by Crippen LogP contribution is -2.57. The number of nitrogens with zero attached hydrogens (tertiary/aromatic N) is 2. The molecule has 7 heteroatoms. The predicted molar refractivity (Wildman–Crippen MR) is 57.8 cm³/mol. The van der Waals surface area contributed by atoms with E-state index in [0.29, 0.717) is 26.1 Å². The van der Waals surface area contributed by atoms with E-state index in [0.717, 1.165) is 4.90 Å². The SMILES string of the molecule is N#CC1(C(=O)N2CC(=O)NC(=O)C2)CCOCC1. The number of hydrogen-bond acceptors (Lipinski definition) is 5. The third kappa shape index (κ3) is 2.19. The van der Waals surface area contributed by atoms with E-state index in [1.165, 1.54) is 0 Å². The second-order valence-corrected chi connectivity index (χ2v) is 4.44. The highest BCUT2D eigenvalue weighted by Gasteiger charge is 2.44. The highest BCUT2D eigenvalue weighted by Crippen LogP contribution is 2.32. The van der Waals surface area contributed by atoms with Crippen LogP contribution >= 0.6 is 0 Å². The minimum Gasteiger partial charge on any atom is -0.381 e. The molecular formula is C11H13N3O4. The summed E-state index contributed by atoms with van der Waals surface area (Å²) in [4.78, 5) is 35.9. The molecule has 7 nitrogen and oxygen atoms in total. The summed E-state index contributed by atoms with van der Waals surface area (Å²) < 4.78 is 5.14. The molecule has 3 amide bonds. The van der Waals surface area contributed by atoms with Crippen molar-refractivity contribution in [3.63, 3.8) is 0 Å². The lowest BCUT2D eigenvalue weighted by molar-refractivity contribution is -0.152. The molecule has 1 N–H and O–H groups in total. The zero-order valence-electron chi connectivity index (χ0n) is 9.77. The van der Waals surface area contributed by atoms with Crippen molar-refractivity contribution in [2.45, 2.75) is 12.8 Å². The van der Waals surface area contributed by atoms with Crippen LogP contribution in [0.2, 0.25) is 0 Å². The van der Waals surface area contributed by atoms with E-state index in [2.05, 4.69) is 5.32 Å². The Labute approximate surface area is 104 Å². The molecule has 96 valence electrons. The number of carbonyl (C=O) groups is 3. The third-order valence-corrected chi connectivity index (χ3v) is 3.20. The van der Waals surface area contributed by atoms with Gasteiger partial charge in [0.15, 0.2) is 0 Å². The molecule has 2 aliphatic rings. The van der Waals surface area contributed by atoms with E-state index in [-0.39, 0.29) is 13.1 Å². The number of hydrogen-bond donors (Lipinski definition) is 1. The topological polar surface area (TPSA) is 99.5 Å². The Morgan fingerprint density at radius 1 is 1.28 bits per heavy atom. The minimum atomic E-state index is -1.16. The molecule has 18 heavy (non-hydrogen) atoms. The van der Waals surface area contributed by atoms with Gasteiger partial charge in [-0.1, -0.05) is 0 Å². The molecule has 2 aliphatic heterocycles. The van der Waals surface area contributed by atoms with Crippen LogP contribution in [-0.4, -0.2) is 48.9 Å². The van der Waals surface area contributed by atoms with Gasteiger partial charge in [-0.05, 0) is 12.8 Å².